The van der Waals surface area contributed by atoms with E-state index in [-0.39, 0.29) is 5.82 Å². The maximum Gasteiger partial charge on any atom is 0.422 e. The molecule has 182 valence electrons. The minimum Gasteiger partial charge on any atom is -0.481 e. The molecular formula is C28H29F5O. The van der Waals surface area contributed by atoms with E-state index in [0.29, 0.717) is 35.3 Å². The third kappa shape index (κ3) is 5.89. The van der Waals surface area contributed by atoms with Gasteiger partial charge in [0.05, 0.1) is 0 Å². The summed E-state index contributed by atoms with van der Waals surface area (Å²) in [6, 6.07) is 13.5. The monoisotopic (exact) mass is 476 g/mol. The van der Waals surface area contributed by atoms with Gasteiger partial charge in [-0.25, -0.2) is 8.78 Å². The van der Waals surface area contributed by atoms with Gasteiger partial charge in [-0.15, -0.1) is 0 Å². The third-order valence-corrected chi connectivity index (χ3v) is 7.02. The van der Waals surface area contributed by atoms with E-state index in [0.717, 1.165) is 17.4 Å². The Hall–Kier alpha value is -2.63. The second-order valence-electron chi connectivity index (χ2n) is 9.31. The van der Waals surface area contributed by atoms with Crippen molar-refractivity contribution in [2.75, 3.05) is 6.61 Å². The zero-order valence-electron chi connectivity index (χ0n) is 19.2. The first kappa shape index (κ1) is 24.5. The molecule has 1 fully saturated rings. The molecule has 1 aliphatic carbocycles. The van der Waals surface area contributed by atoms with Gasteiger partial charge in [0.25, 0.3) is 0 Å². The molecule has 0 heterocycles. The second kappa shape index (κ2) is 10.3. The number of fused-ring (bicyclic) bond motifs is 1. The minimum atomic E-state index is -4.53. The Balaban J connectivity index is 1.43. The molecule has 0 spiro atoms. The molecule has 0 aromatic heterocycles. The molecule has 0 aliphatic heterocycles. The molecule has 6 heteroatoms. The lowest BCUT2D eigenvalue weighted by Gasteiger charge is -2.28. The summed E-state index contributed by atoms with van der Waals surface area (Å²) in [5.41, 5.74) is 2.37. The molecule has 34 heavy (non-hydrogen) atoms. The van der Waals surface area contributed by atoms with Crippen molar-refractivity contribution in [1.29, 1.82) is 0 Å². The van der Waals surface area contributed by atoms with Crippen molar-refractivity contribution in [1.82, 2.24) is 0 Å². The van der Waals surface area contributed by atoms with Crippen LogP contribution in [0.1, 0.15) is 61.6 Å². The Kier molecular flexibility index (Phi) is 7.44. The average Bonchev–Trinajstić information content (AvgIpc) is 2.82. The molecular weight excluding hydrogens is 447 g/mol. The van der Waals surface area contributed by atoms with E-state index in [9.17, 15) is 17.6 Å². The lowest BCUT2D eigenvalue weighted by Crippen LogP contribution is -2.19. The minimum absolute atomic E-state index is 0.274. The Bertz CT molecular complexity index is 1130. The fourth-order valence-electron chi connectivity index (χ4n) is 4.96. The topological polar surface area (TPSA) is 9.23 Å². The number of alkyl halides is 3. The van der Waals surface area contributed by atoms with Crippen molar-refractivity contribution in [3.05, 3.63) is 76.9 Å². The molecule has 0 unspecified atom stereocenters. The molecule has 3 aromatic rings. The van der Waals surface area contributed by atoms with E-state index >= 15 is 4.39 Å². The van der Waals surface area contributed by atoms with Crippen LogP contribution in [0.2, 0.25) is 0 Å². The molecule has 1 saturated carbocycles. The molecule has 0 amide bonds. The summed E-state index contributed by atoms with van der Waals surface area (Å²) in [4.78, 5) is 0. The number of benzene rings is 3. The largest absolute Gasteiger partial charge is 0.481 e. The van der Waals surface area contributed by atoms with Crippen LogP contribution >= 0.6 is 0 Å². The summed E-state index contributed by atoms with van der Waals surface area (Å²) in [6.45, 7) is 0.702. The first-order chi connectivity index (χ1) is 16.2. The number of ether oxygens (including phenoxy) is 1. The lowest BCUT2D eigenvalue weighted by atomic mass is 9.77. The van der Waals surface area contributed by atoms with Crippen molar-refractivity contribution in [3.63, 3.8) is 0 Å². The van der Waals surface area contributed by atoms with Crippen molar-refractivity contribution >= 4 is 10.8 Å². The molecule has 3 aromatic carbocycles. The van der Waals surface area contributed by atoms with E-state index in [2.05, 4.69) is 17.7 Å². The lowest BCUT2D eigenvalue weighted by molar-refractivity contribution is -0.153. The highest BCUT2D eigenvalue weighted by molar-refractivity contribution is 5.84. The van der Waals surface area contributed by atoms with Gasteiger partial charge in [-0.2, -0.15) is 13.2 Å². The molecule has 0 saturated heterocycles. The van der Waals surface area contributed by atoms with Crippen LogP contribution in [0, 0.1) is 17.6 Å². The highest BCUT2D eigenvalue weighted by Gasteiger charge is 2.29. The van der Waals surface area contributed by atoms with Crippen LogP contribution in [-0.2, 0) is 12.8 Å². The predicted molar refractivity (Wildman–Crippen MR) is 124 cm³/mol. The summed E-state index contributed by atoms with van der Waals surface area (Å²) in [6.07, 6.45) is 2.28. The first-order valence-electron chi connectivity index (χ1n) is 11.9. The fourth-order valence-corrected chi connectivity index (χ4v) is 4.96. The first-order valence-corrected chi connectivity index (χ1v) is 11.9. The van der Waals surface area contributed by atoms with Crippen LogP contribution in [0.25, 0.3) is 10.8 Å². The van der Waals surface area contributed by atoms with Gasteiger partial charge in [-0.05, 0) is 84.6 Å². The fraction of sp³-hybridized carbons (Fsp3) is 0.429. The zero-order chi connectivity index (χ0) is 24.3. The van der Waals surface area contributed by atoms with Gasteiger partial charge in [0, 0.05) is 5.39 Å². The van der Waals surface area contributed by atoms with Gasteiger partial charge in [-0.3, -0.25) is 0 Å². The summed E-state index contributed by atoms with van der Waals surface area (Å²) in [5, 5.41) is 1.46. The maximum absolute atomic E-state index is 15.2. The number of hydrogen-bond donors (Lipinski definition) is 0. The van der Waals surface area contributed by atoms with Gasteiger partial charge < -0.3 is 4.74 Å². The number of aryl methyl sites for hydroxylation is 2. The Morgan fingerprint density at radius 1 is 0.882 bits per heavy atom. The van der Waals surface area contributed by atoms with Crippen LogP contribution in [0.5, 0.6) is 5.75 Å². The average molecular weight is 477 g/mol. The van der Waals surface area contributed by atoms with Crippen LogP contribution in [0.15, 0.2) is 48.5 Å². The van der Waals surface area contributed by atoms with Crippen LogP contribution in [0.3, 0.4) is 0 Å². The number of halogens is 5. The van der Waals surface area contributed by atoms with Gasteiger partial charge in [0.2, 0.25) is 0 Å². The van der Waals surface area contributed by atoms with Crippen molar-refractivity contribution < 1.29 is 26.7 Å². The standard InChI is InChI=1S/C28H29F5O/c1-2-18-3-7-20(8-4-18)22-12-13-24-23(16-22)11-10-21(27(24)30)9-5-19-6-14-26(25(29)15-19)34-17-28(31,32)33/h6,10-16,18,20H,2-5,7-9,17H2,1H3. The van der Waals surface area contributed by atoms with Gasteiger partial charge in [0.15, 0.2) is 18.2 Å². The van der Waals surface area contributed by atoms with Gasteiger partial charge in [0.1, 0.15) is 5.82 Å². The van der Waals surface area contributed by atoms with Crippen LogP contribution in [0.4, 0.5) is 22.0 Å². The Morgan fingerprint density at radius 3 is 2.32 bits per heavy atom. The van der Waals surface area contributed by atoms with Crippen molar-refractivity contribution in [2.45, 2.75) is 64.0 Å². The molecule has 0 N–H and O–H groups in total. The Labute approximate surface area is 196 Å². The SMILES string of the molecule is CCC1CCC(c2ccc3c(F)c(CCc4ccc(OCC(F)(F)F)c(F)c4)ccc3c2)CC1. The molecule has 0 radical (unpaired) electrons. The van der Waals surface area contributed by atoms with Crippen LogP contribution in [-0.4, -0.2) is 12.8 Å². The normalized spacial score (nSPS) is 18.9. The summed E-state index contributed by atoms with van der Waals surface area (Å²) >= 11 is 0. The summed E-state index contributed by atoms with van der Waals surface area (Å²) in [5.74, 6) is -0.218. The van der Waals surface area contributed by atoms with Crippen LogP contribution < -0.4 is 4.74 Å². The second-order valence-corrected chi connectivity index (χ2v) is 9.31. The molecule has 4 rings (SSSR count). The van der Waals surface area contributed by atoms with E-state index < -0.39 is 24.3 Å². The highest BCUT2D eigenvalue weighted by Crippen LogP contribution is 2.38. The van der Waals surface area contributed by atoms with E-state index in [1.165, 1.54) is 49.8 Å². The highest BCUT2D eigenvalue weighted by atomic mass is 19.4. The molecule has 0 bridgehead atoms. The van der Waals surface area contributed by atoms with Crippen molar-refractivity contribution in [2.24, 2.45) is 5.92 Å². The molecule has 0 atom stereocenters. The van der Waals surface area contributed by atoms with Gasteiger partial charge in [-0.1, -0.05) is 49.7 Å². The summed E-state index contributed by atoms with van der Waals surface area (Å²) in [7, 11) is 0. The number of rotatable bonds is 7. The smallest absolute Gasteiger partial charge is 0.422 e. The zero-order valence-corrected chi connectivity index (χ0v) is 19.2. The van der Waals surface area contributed by atoms with E-state index in [4.69, 9.17) is 0 Å². The third-order valence-electron chi connectivity index (χ3n) is 7.02. The summed E-state index contributed by atoms with van der Waals surface area (Å²) < 4.78 is 70.6. The Morgan fingerprint density at radius 2 is 1.65 bits per heavy atom. The maximum atomic E-state index is 15.2. The number of hydrogen-bond acceptors (Lipinski definition) is 1. The molecule has 1 aliphatic rings. The van der Waals surface area contributed by atoms with Crippen molar-refractivity contribution in [3.8, 4) is 5.75 Å². The quantitative estimate of drug-likeness (QED) is 0.311. The predicted octanol–water partition coefficient (Wildman–Crippen LogP) is 8.53. The van der Waals surface area contributed by atoms with Gasteiger partial charge >= 0.3 is 6.18 Å². The molecule has 1 nitrogen and oxygen atoms in total. The van der Waals surface area contributed by atoms with E-state index in [1.807, 2.05) is 18.2 Å². The van der Waals surface area contributed by atoms with E-state index in [1.54, 1.807) is 6.07 Å².